The maximum Gasteiger partial charge on any atom is 2.00 e. The van der Waals surface area contributed by atoms with E-state index in [1.807, 2.05) is 24.3 Å². The number of benzene rings is 8. The number of nitrogens with zero attached hydrogens (tertiary/aromatic N) is 2. The summed E-state index contributed by atoms with van der Waals surface area (Å²) in [4.78, 5) is 5.16. The van der Waals surface area contributed by atoms with Gasteiger partial charge in [-0.3, -0.25) is 4.98 Å². The Bertz CT molecular complexity index is 2800. The quantitative estimate of drug-likeness (QED) is 0.158. The normalized spacial score (nSPS) is 11.3. The summed E-state index contributed by atoms with van der Waals surface area (Å²) in [5, 5.41) is 7.63. The molecule has 0 saturated heterocycles. The van der Waals surface area contributed by atoms with Gasteiger partial charge in [0.2, 0.25) is 0 Å². The fourth-order valence-corrected chi connectivity index (χ4v) is 7.56. The van der Waals surface area contributed by atoms with E-state index in [-0.39, 0.29) is 31.1 Å². The molecular formula is C49H30N2U. The van der Waals surface area contributed by atoms with Crippen molar-refractivity contribution in [1.82, 2.24) is 9.55 Å². The van der Waals surface area contributed by atoms with Crippen LogP contribution in [0.5, 0.6) is 0 Å². The van der Waals surface area contributed by atoms with Gasteiger partial charge >= 0.3 is 31.1 Å². The molecule has 3 heteroatoms. The Kier molecular flexibility index (Phi) is 8.32. The minimum atomic E-state index is 0. The Morgan fingerprint density at radius 3 is 1.69 bits per heavy atom. The molecule has 2 nitrogen and oxygen atoms in total. The summed E-state index contributed by atoms with van der Waals surface area (Å²) in [5.41, 5.74) is 11.6. The zero-order chi connectivity index (χ0) is 33.7. The topological polar surface area (TPSA) is 17.8 Å². The summed E-state index contributed by atoms with van der Waals surface area (Å²) in [5.74, 6) is 0. The molecule has 8 aromatic carbocycles. The molecule has 0 bridgehead atoms. The monoisotopic (exact) mass is 884 g/mol. The predicted molar refractivity (Wildman–Crippen MR) is 213 cm³/mol. The average Bonchev–Trinajstić information content (AvgIpc) is 3.57. The molecule has 0 saturated carbocycles. The number of fused-ring (bicyclic) bond motifs is 7. The van der Waals surface area contributed by atoms with E-state index in [4.69, 9.17) is 4.98 Å². The summed E-state index contributed by atoms with van der Waals surface area (Å²) in [6, 6.07) is 71.5. The van der Waals surface area contributed by atoms with Crippen LogP contribution in [0.15, 0.2) is 182 Å². The maximum absolute atomic E-state index is 5.16. The Morgan fingerprint density at radius 2 is 1.02 bits per heavy atom. The van der Waals surface area contributed by atoms with Crippen LogP contribution in [0, 0.1) is 43.2 Å². The standard InChI is InChI=1S/C49H30N2.U/c1-3-12-33(13-4-1)38-18-11-19-39(30-38)45-32-40(31-44(50-45)37-16-5-2-6-17-37)34-22-26-41(27-23-34)51-46-28-24-35-14-7-9-20-42(35)48(46)49-43-21-10-8-15-36(43)25-29-47(49)51;/h1-12,14-29,31-32H;/q-2;+2. The SMILES string of the molecule is [U+2].[c-]1ccccc1-c1[c-]c(-c2cc(-c3ccc(-n4c5ccc6ccccc6c5c5c6ccccc6ccc54)cc3)cc(-c3ccccc3)n2)ccc1. The second kappa shape index (κ2) is 13.4. The molecule has 240 valence electrons. The van der Waals surface area contributed by atoms with E-state index < -0.39 is 0 Å². The third kappa shape index (κ3) is 5.55. The molecule has 0 aliphatic carbocycles. The summed E-state index contributed by atoms with van der Waals surface area (Å²) in [6.07, 6.45) is 0. The fourth-order valence-electron chi connectivity index (χ4n) is 7.56. The van der Waals surface area contributed by atoms with E-state index in [9.17, 15) is 0 Å². The van der Waals surface area contributed by atoms with Gasteiger partial charge in [0.1, 0.15) is 0 Å². The molecule has 52 heavy (non-hydrogen) atoms. The molecule has 0 amide bonds. The first kappa shape index (κ1) is 32.2. The van der Waals surface area contributed by atoms with Crippen LogP contribution in [0.4, 0.5) is 0 Å². The van der Waals surface area contributed by atoms with Crippen LogP contribution in [0.1, 0.15) is 0 Å². The van der Waals surface area contributed by atoms with Crippen molar-refractivity contribution in [3.63, 3.8) is 0 Å². The third-order valence-electron chi connectivity index (χ3n) is 9.97. The Labute approximate surface area is 326 Å². The van der Waals surface area contributed by atoms with E-state index in [0.717, 1.165) is 50.5 Å². The first-order valence-electron chi connectivity index (χ1n) is 17.3. The maximum atomic E-state index is 5.16. The molecule has 0 N–H and O–H groups in total. The van der Waals surface area contributed by atoms with Crippen LogP contribution in [-0.4, -0.2) is 9.55 Å². The molecule has 0 aliphatic heterocycles. The zero-order valence-electron chi connectivity index (χ0n) is 28.2. The van der Waals surface area contributed by atoms with E-state index in [2.05, 4.69) is 174 Å². The Hall–Kier alpha value is -5.72. The molecule has 10 rings (SSSR count). The molecule has 0 atom stereocenters. The van der Waals surface area contributed by atoms with Gasteiger partial charge in [0.25, 0.3) is 0 Å². The number of hydrogen-bond acceptors (Lipinski definition) is 1. The Morgan fingerprint density at radius 1 is 0.423 bits per heavy atom. The smallest absolute Gasteiger partial charge is 0.309 e. The summed E-state index contributed by atoms with van der Waals surface area (Å²) >= 11 is 0. The summed E-state index contributed by atoms with van der Waals surface area (Å²) in [7, 11) is 0. The van der Waals surface area contributed by atoms with Crippen molar-refractivity contribution in [2.45, 2.75) is 0 Å². The Balaban J connectivity index is 0.00000360. The zero-order valence-corrected chi connectivity index (χ0v) is 32.4. The average molecular weight is 885 g/mol. The second-order valence-electron chi connectivity index (χ2n) is 13.0. The van der Waals surface area contributed by atoms with Crippen molar-refractivity contribution in [2.24, 2.45) is 0 Å². The molecular weight excluding hydrogens is 855 g/mol. The van der Waals surface area contributed by atoms with Gasteiger partial charge in [0, 0.05) is 22.2 Å². The van der Waals surface area contributed by atoms with Gasteiger partial charge in [0.05, 0.1) is 16.7 Å². The molecule has 10 aromatic rings. The van der Waals surface area contributed by atoms with Crippen molar-refractivity contribution >= 4 is 43.4 Å². The molecule has 2 aromatic heterocycles. The van der Waals surface area contributed by atoms with Crippen LogP contribution >= 0.6 is 0 Å². The van der Waals surface area contributed by atoms with Gasteiger partial charge in [0.15, 0.2) is 0 Å². The van der Waals surface area contributed by atoms with Crippen molar-refractivity contribution in [3.8, 4) is 50.5 Å². The van der Waals surface area contributed by atoms with Gasteiger partial charge in [-0.2, -0.15) is 42.0 Å². The fraction of sp³-hybridized carbons (Fsp3) is 0. The van der Waals surface area contributed by atoms with Crippen LogP contribution in [-0.2, 0) is 0 Å². The third-order valence-corrected chi connectivity index (χ3v) is 9.97. The van der Waals surface area contributed by atoms with E-state index >= 15 is 0 Å². The van der Waals surface area contributed by atoms with Crippen molar-refractivity contribution < 1.29 is 31.1 Å². The largest absolute Gasteiger partial charge is 2.00 e. The minimum absolute atomic E-state index is 0. The van der Waals surface area contributed by atoms with E-state index in [0.29, 0.717) is 0 Å². The predicted octanol–water partition coefficient (Wildman–Crippen LogP) is 12.8. The van der Waals surface area contributed by atoms with Crippen molar-refractivity contribution in [2.75, 3.05) is 0 Å². The van der Waals surface area contributed by atoms with Gasteiger partial charge in [-0.25, -0.2) is 5.56 Å². The second-order valence-corrected chi connectivity index (χ2v) is 13.0. The van der Waals surface area contributed by atoms with E-state index in [1.54, 1.807) is 0 Å². The summed E-state index contributed by atoms with van der Waals surface area (Å²) < 4.78 is 2.42. The van der Waals surface area contributed by atoms with Crippen molar-refractivity contribution in [3.05, 3.63) is 194 Å². The summed E-state index contributed by atoms with van der Waals surface area (Å²) in [6.45, 7) is 0. The number of pyridine rings is 1. The van der Waals surface area contributed by atoms with Gasteiger partial charge < -0.3 is 4.57 Å². The molecule has 0 spiro atoms. The van der Waals surface area contributed by atoms with E-state index in [1.165, 1.54) is 43.4 Å². The van der Waals surface area contributed by atoms with Crippen LogP contribution in [0.25, 0.3) is 93.8 Å². The van der Waals surface area contributed by atoms with Crippen LogP contribution in [0.3, 0.4) is 0 Å². The van der Waals surface area contributed by atoms with Gasteiger partial charge in [-0.1, -0.05) is 109 Å². The molecule has 0 radical (unpaired) electrons. The minimum Gasteiger partial charge on any atom is -0.309 e. The first-order chi connectivity index (χ1) is 25.3. The van der Waals surface area contributed by atoms with Gasteiger partial charge in [-0.15, -0.1) is 23.8 Å². The molecule has 0 aliphatic rings. The number of hydrogen-bond donors (Lipinski definition) is 0. The van der Waals surface area contributed by atoms with Crippen LogP contribution in [0.2, 0.25) is 0 Å². The number of rotatable bonds is 5. The van der Waals surface area contributed by atoms with Crippen molar-refractivity contribution in [1.29, 1.82) is 0 Å². The number of aromatic nitrogens is 2. The van der Waals surface area contributed by atoms with Crippen LogP contribution < -0.4 is 0 Å². The molecule has 0 fully saturated rings. The first-order valence-corrected chi connectivity index (χ1v) is 17.3. The van der Waals surface area contributed by atoms with Gasteiger partial charge in [-0.05, 0) is 68.6 Å². The molecule has 0 unspecified atom stereocenters. The molecule has 2 heterocycles.